The second-order valence-corrected chi connectivity index (χ2v) is 11.1. The van der Waals surface area contributed by atoms with Gasteiger partial charge >= 0.3 is 0 Å². The van der Waals surface area contributed by atoms with Gasteiger partial charge in [-0.15, -0.1) is 0 Å². The van der Waals surface area contributed by atoms with Gasteiger partial charge in [0, 0.05) is 37.7 Å². The van der Waals surface area contributed by atoms with Crippen LogP contribution < -0.4 is 25.3 Å². The fraction of sp³-hybridized carbons (Fsp3) is 0.567. The summed E-state index contributed by atoms with van der Waals surface area (Å²) in [5.74, 6) is 2.11. The highest BCUT2D eigenvalue weighted by molar-refractivity contribution is 6.30. The average molecular weight is 565 g/mol. The highest BCUT2D eigenvalue weighted by Gasteiger charge is 2.31. The molecule has 0 saturated heterocycles. The van der Waals surface area contributed by atoms with Crippen molar-refractivity contribution in [3.63, 3.8) is 0 Å². The maximum absolute atomic E-state index is 12.8. The Bertz CT molecular complexity index is 1020. The second kappa shape index (κ2) is 15.9. The molecule has 2 rings (SSSR count). The maximum Gasteiger partial charge on any atom is 0.263 e. The molecular formula is C30H45ClN2O6. The van der Waals surface area contributed by atoms with Crippen LogP contribution in [0.4, 0.5) is 0 Å². The first-order valence-corrected chi connectivity index (χ1v) is 13.8. The quantitative estimate of drug-likeness (QED) is 0.240. The molecule has 8 nitrogen and oxygen atoms in total. The number of aliphatic hydroxyl groups is 1. The van der Waals surface area contributed by atoms with Gasteiger partial charge in [0.15, 0.2) is 17.1 Å². The third kappa shape index (κ3) is 10.9. The summed E-state index contributed by atoms with van der Waals surface area (Å²) in [6.45, 7) is 8.82. The Hall–Kier alpha value is -2.52. The Morgan fingerprint density at radius 3 is 2.38 bits per heavy atom. The van der Waals surface area contributed by atoms with E-state index < -0.39 is 17.7 Å². The molecule has 0 aliphatic heterocycles. The Kier molecular flexibility index (Phi) is 13.3. The standard InChI is InChI=1S/C30H45ClN2O6/c1-20(2)22(16-21-8-13-27(37-6)28(17-21)38-15-7-14-36-5)18-25(32)26(34)19-33-29(35)30(3,4)39-24-11-9-23(31)10-12-24/h8-13,17,20,22,25-26,34H,7,14-16,18-19,32H2,1-6H3,(H,33,35). The molecule has 0 spiro atoms. The summed E-state index contributed by atoms with van der Waals surface area (Å²) in [5, 5.41) is 14.1. The molecule has 2 aromatic carbocycles. The van der Waals surface area contributed by atoms with E-state index in [0.29, 0.717) is 47.8 Å². The second-order valence-electron chi connectivity index (χ2n) is 10.6. The number of ether oxygens (including phenoxy) is 4. The molecule has 3 atom stereocenters. The van der Waals surface area contributed by atoms with E-state index in [1.54, 1.807) is 52.3 Å². The third-order valence-corrected chi connectivity index (χ3v) is 6.95. The van der Waals surface area contributed by atoms with Crippen LogP contribution in [-0.4, -0.2) is 62.7 Å². The van der Waals surface area contributed by atoms with Gasteiger partial charge in [0.1, 0.15) is 5.75 Å². The van der Waals surface area contributed by atoms with Crippen molar-refractivity contribution in [2.45, 2.75) is 64.7 Å². The van der Waals surface area contributed by atoms with Crippen LogP contribution in [0.1, 0.15) is 46.1 Å². The van der Waals surface area contributed by atoms with Crippen molar-refractivity contribution in [2.75, 3.05) is 34.0 Å². The Labute approximate surface area is 238 Å². The van der Waals surface area contributed by atoms with Crippen LogP contribution in [0.2, 0.25) is 5.02 Å². The number of carbonyl (C=O) groups excluding carboxylic acids is 1. The summed E-state index contributed by atoms with van der Waals surface area (Å²) in [6.07, 6.45) is 1.24. The molecule has 39 heavy (non-hydrogen) atoms. The first kappa shape index (κ1) is 32.7. The topological polar surface area (TPSA) is 112 Å². The molecule has 9 heteroatoms. The van der Waals surface area contributed by atoms with Gasteiger partial charge in [-0.2, -0.15) is 0 Å². The number of nitrogens with two attached hydrogens (primary N) is 1. The predicted octanol–water partition coefficient (Wildman–Crippen LogP) is 4.63. The number of hydrogen-bond acceptors (Lipinski definition) is 7. The van der Waals surface area contributed by atoms with Gasteiger partial charge < -0.3 is 35.1 Å². The molecule has 0 aromatic heterocycles. The van der Waals surface area contributed by atoms with Gasteiger partial charge in [-0.25, -0.2) is 0 Å². The van der Waals surface area contributed by atoms with Crippen molar-refractivity contribution in [3.8, 4) is 17.2 Å². The van der Waals surface area contributed by atoms with E-state index in [9.17, 15) is 9.90 Å². The molecule has 0 fully saturated rings. The molecule has 1 amide bonds. The van der Waals surface area contributed by atoms with Crippen LogP contribution >= 0.6 is 11.6 Å². The van der Waals surface area contributed by atoms with Crippen LogP contribution in [0.15, 0.2) is 42.5 Å². The summed E-state index contributed by atoms with van der Waals surface area (Å²) < 4.78 is 22.3. The largest absolute Gasteiger partial charge is 0.493 e. The first-order chi connectivity index (χ1) is 18.5. The average Bonchev–Trinajstić information content (AvgIpc) is 2.90. The van der Waals surface area contributed by atoms with Gasteiger partial charge in [0.2, 0.25) is 0 Å². The van der Waals surface area contributed by atoms with E-state index in [0.717, 1.165) is 18.4 Å². The minimum Gasteiger partial charge on any atom is -0.493 e. The summed E-state index contributed by atoms with van der Waals surface area (Å²) in [4.78, 5) is 12.8. The smallest absolute Gasteiger partial charge is 0.263 e. The minimum absolute atomic E-state index is 0.0280. The fourth-order valence-corrected chi connectivity index (χ4v) is 4.28. The van der Waals surface area contributed by atoms with Crippen molar-refractivity contribution in [1.29, 1.82) is 0 Å². The number of carbonyl (C=O) groups is 1. The van der Waals surface area contributed by atoms with Crippen LogP contribution in [0.5, 0.6) is 17.2 Å². The van der Waals surface area contributed by atoms with Gasteiger partial charge in [0.25, 0.3) is 5.91 Å². The number of methoxy groups -OCH3 is 2. The molecule has 0 heterocycles. The molecular weight excluding hydrogens is 520 g/mol. The van der Waals surface area contributed by atoms with Crippen molar-refractivity contribution in [1.82, 2.24) is 5.32 Å². The van der Waals surface area contributed by atoms with Crippen LogP contribution in [-0.2, 0) is 16.0 Å². The summed E-state index contributed by atoms with van der Waals surface area (Å²) in [7, 11) is 3.29. The van der Waals surface area contributed by atoms with Gasteiger partial charge in [-0.1, -0.05) is 31.5 Å². The lowest BCUT2D eigenvalue weighted by atomic mass is 9.83. The third-order valence-electron chi connectivity index (χ3n) is 6.69. The van der Waals surface area contributed by atoms with E-state index in [1.165, 1.54) is 0 Å². The van der Waals surface area contributed by atoms with Gasteiger partial charge in [-0.05, 0) is 80.5 Å². The van der Waals surface area contributed by atoms with Crippen LogP contribution in [0.3, 0.4) is 0 Å². The molecule has 0 bridgehead atoms. The lowest BCUT2D eigenvalue weighted by Crippen LogP contribution is -2.51. The highest BCUT2D eigenvalue weighted by atomic mass is 35.5. The molecule has 4 N–H and O–H groups in total. The molecule has 0 radical (unpaired) electrons. The lowest BCUT2D eigenvalue weighted by Gasteiger charge is -2.29. The molecule has 0 saturated carbocycles. The molecule has 3 unspecified atom stereocenters. The highest BCUT2D eigenvalue weighted by Crippen LogP contribution is 2.31. The first-order valence-electron chi connectivity index (χ1n) is 13.4. The molecule has 0 aliphatic carbocycles. The van der Waals surface area contributed by atoms with E-state index in [2.05, 4.69) is 19.2 Å². The van der Waals surface area contributed by atoms with E-state index in [1.807, 2.05) is 18.2 Å². The number of rotatable bonds is 17. The molecule has 218 valence electrons. The number of benzene rings is 2. The zero-order valence-electron chi connectivity index (χ0n) is 24.0. The normalized spacial score (nSPS) is 14.0. The zero-order valence-corrected chi connectivity index (χ0v) is 24.8. The lowest BCUT2D eigenvalue weighted by molar-refractivity contribution is -0.134. The van der Waals surface area contributed by atoms with Crippen molar-refractivity contribution < 1.29 is 28.8 Å². The zero-order chi connectivity index (χ0) is 29.0. The maximum atomic E-state index is 12.8. The number of aliphatic hydroxyl groups excluding tert-OH is 1. The number of halogens is 1. The Morgan fingerprint density at radius 2 is 1.77 bits per heavy atom. The minimum atomic E-state index is -1.14. The summed E-state index contributed by atoms with van der Waals surface area (Å²) in [6, 6.07) is 12.2. The monoisotopic (exact) mass is 564 g/mol. The van der Waals surface area contributed by atoms with Crippen molar-refractivity contribution >= 4 is 17.5 Å². The van der Waals surface area contributed by atoms with Gasteiger partial charge in [0.05, 0.1) is 19.8 Å². The van der Waals surface area contributed by atoms with E-state index in [-0.39, 0.29) is 18.4 Å². The molecule has 2 aromatic rings. The van der Waals surface area contributed by atoms with E-state index in [4.69, 9.17) is 36.3 Å². The Balaban J connectivity index is 1.94. The Morgan fingerprint density at radius 1 is 1.08 bits per heavy atom. The number of amides is 1. The van der Waals surface area contributed by atoms with Crippen molar-refractivity contribution in [2.24, 2.45) is 17.6 Å². The predicted molar refractivity (Wildman–Crippen MR) is 155 cm³/mol. The summed E-state index contributed by atoms with van der Waals surface area (Å²) >= 11 is 5.92. The van der Waals surface area contributed by atoms with Gasteiger partial charge in [-0.3, -0.25) is 4.79 Å². The fourth-order valence-electron chi connectivity index (χ4n) is 4.15. The SMILES string of the molecule is COCCCOc1cc(CC(CC(N)C(O)CNC(=O)C(C)(C)Oc2ccc(Cl)cc2)C(C)C)ccc1OC. The number of nitrogens with one attached hydrogen (secondary N) is 1. The van der Waals surface area contributed by atoms with Crippen LogP contribution in [0.25, 0.3) is 0 Å². The molecule has 0 aliphatic rings. The van der Waals surface area contributed by atoms with E-state index >= 15 is 0 Å². The van der Waals surface area contributed by atoms with Crippen LogP contribution in [0, 0.1) is 11.8 Å². The summed E-state index contributed by atoms with van der Waals surface area (Å²) in [5.41, 5.74) is 6.37. The number of hydrogen-bond donors (Lipinski definition) is 3. The van der Waals surface area contributed by atoms with Crippen molar-refractivity contribution in [3.05, 3.63) is 53.1 Å².